The van der Waals surface area contributed by atoms with Gasteiger partial charge in [-0.05, 0) is 54.9 Å². The SMILES string of the molecule is C[C@@H]1C(=O)Oc2c1cc1c(c2O)[C@@]2(C)CCCC(C)(C)[C@@H]2CC1. The number of carbonyl (C=O) groups excluding carboxylic acids is 1. The van der Waals surface area contributed by atoms with Crippen LogP contribution in [0.5, 0.6) is 11.5 Å². The molecule has 23 heavy (non-hydrogen) atoms. The standard InChI is InChI=1S/C20H26O3/c1-11-13-10-12-6-7-14-19(2,3)8-5-9-20(14,4)15(12)16(21)17(13)23-18(11)22/h10-11,14,21H,5-9H2,1-4H3/t11-,14-,20-/m0/s1. The van der Waals surface area contributed by atoms with E-state index in [0.717, 1.165) is 30.4 Å². The molecule has 1 aromatic rings. The lowest BCUT2D eigenvalue weighted by molar-refractivity contribution is -0.133. The molecule has 0 bridgehead atoms. The largest absolute Gasteiger partial charge is 0.504 e. The van der Waals surface area contributed by atoms with Gasteiger partial charge in [0.05, 0.1) is 5.92 Å². The van der Waals surface area contributed by atoms with Crippen molar-refractivity contribution in [2.75, 3.05) is 0 Å². The van der Waals surface area contributed by atoms with Gasteiger partial charge in [0.15, 0.2) is 11.5 Å². The number of fused-ring (bicyclic) bond motifs is 4. The van der Waals surface area contributed by atoms with Crippen molar-refractivity contribution >= 4 is 5.97 Å². The number of esters is 1. The summed E-state index contributed by atoms with van der Waals surface area (Å²) in [6, 6.07) is 2.13. The molecule has 4 rings (SSSR count). The first kappa shape index (κ1) is 15.0. The Kier molecular flexibility index (Phi) is 2.96. The lowest BCUT2D eigenvalue weighted by Crippen LogP contribution is -2.47. The van der Waals surface area contributed by atoms with E-state index in [-0.39, 0.29) is 23.1 Å². The van der Waals surface area contributed by atoms with E-state index in [4.69, 9.17) is 4.74 Å². The van der Waals surface area contributed by atoms with Gasteiger partial charge in [-0.3, -0.25) is 4.79 Å². The fourth-order valence-electron chi connectivity index (χ4n) is 5.74. The predicted molar refractivity (Wildman–Crippen MR) is 89.0 cm³/mol. The fourth-order valence-corrected chi connectivity index (χ4v) is 5.74. The molecule has 0 spiro atoms. The number of phenols is 1. The molecular weight excluding hydrogens is 288 g/mol. The summed E-state index contributed by atoms with van der Waals surface area (Å²) in [4.78, 5) is 11.9. The maximum atomic E-state index is 11.9. The molecule has 1 aliphatic heterocycles. The molecule has 3 heteroatoms. The van der Waals surface area contributed by atoms with Crippen LogP contribution in [0.1, 0.15) is 76.0 Å². The molecule has 0 amide bonds. The Morgan fingerprint density at radius 1 is 1.26 bits per heavy atom. The van der Waals surface area contributed by atoms with Crippen molar-refractivity contribution in [3.8, 4) is 11.5 Å². The maximum Gasteiger partial charge on any atom is 0.318 e. The molecule has 3 atom stereocenters. The van der Waals surface area contributed by atoms with Crippen molar-refractivity contribution in [1.82, 2.24) is 0 Å². The highest BCUT2D eigenvalue weighted by molar-refractivity contribution is 5.87. The summed E-state index contributed by atoms with van der Waals surface area (Å²) < 4.78 is 5.40. The van der Waals surface area contributed by atoms with Gasteiger partial charge in [0, 0.05) is 11.1 Å². The van der Waals surface area contributed by atoms with Gasteiger partial charge in [0.1, 0.15) is 0 Å². The highest BCUT2D eigenvalue weighted by atomic mass is 16.5. The van der Waals surface area contributed by atoms with E-state index in [1.807, 2.05) is 6.92 Å². The minimum atomic E-state index is -0.269. The number of benzene rings is 1. The van der Waals surface area contributed by atoms with Gasteiger partial charge in [-0.15, -0.1) is 0 Å². The molecule has 0 radical (unpaired) electrons. The third-order valence-corrected chi connectivity index (χ3v) is 6.89. The Morgan fingerprint density at radius 2 is 2.00 bits per heavy atom. The second-order valence-electron chi connectivity index (χ2n) is 8.67. The number of phenolic OH excluding ortho intramolecular Hbond substituents is 1. The smallest absolute Gasteiger partial charge is 0.318 e. The third-order valence-electron chi connectivity index (χ3n) is 6.89. The Labute approximate surface area is 138 Å². The molecule has 2 aliphatic carbocycles. The van der Waals surface area contributed by atoms with Gasteiger partial charge >= 0.3 is 5.97 Å². The number of ether oxygens (including phenoxy) is 1. The zero-order valence-corrected chi connectivity index (χ0v) is 14.5. The van der Waals surface area contributed by atoms with Crippen LogP contribution in [0, 0.1) is 11.3 Å². The summed E-state index contributed by atoms with van der Waals surface area (Å²) in [5, 5.41) is 11.0. The Morgan fingerprint density at radius 3 is 2.74 bits per heavy atom. The molecule has 1 N–H and O–H groups in total. The second-order valence-corrected chi connectivity index (χ2v) is 8.67. The van der Waals surface area contributed by atoms with Gasteiger partial charge < -0.3 is 9.84 Å². The second kappa shape index (κ2) is 4.52. The average molecular weight is 314 g/mol. The molecule has 0 unspecified atom stereocenters. The van der Waals surface area contributed by atoms with Crippen molar-refractivity contribution < 1.29 is 14.6 Å². The first-order chi connectivity index (χ1) is 10.8. The Balaban J connectivity index is 1.92. The van der Waals surface area contributed by atoms with Crippen LogP contribution in [-0.4, -0.2) is 11.1 Å². The molecule has 124 valence electrons. The van der Waals surface area contributed by atoms with E-state index >= 15 is 0 Å². The van der Waals surface area contributed by atoms with E-state index < -0.39 is 0 Å². The van der Waals surface area contributed by atoms with Crippen molar-refractivity contribution in [1.29, 1.82) is 0 Å². The molecule has 0 aromatic heterocycles. The molecule has 1 fully saturated rings. The van der Waals surface area contributed by atoms with Crippen LogP contribution in [-0.2, 0) is 16.6 Å². The molecule has 3 aliphatic rings. The number of rotatable bonds is 0. The van der Waals surface area contributed by atoms with Crippen molar-refractivity contribution in [2.24, 2.45) is 11.3 Å². The number of carbonyl (C=O) groups is 1. The lowest BCUT2D eigenvalue weighted by Gasteiger charge is -2.54. The van der Waals surface area contributed by atoms with Crippen LogP contribution >= 0.6 is 0 Å². The van der Waals surface area contributed by atoms with Gasteiger partial charge in [-0.25, -0.2) is 0 Å². The van der Waals surface area contributed by atoms with Crippen molar-refractivity contribution in [3.63, 3.8) is 0 Å². The molecular formula is C20H26O3. The van der Waals surface area contributed by atoms with Gasteiger partial charge in [0.2, 0.25) is 0 Å². The van der Waals surface area contributed by atoms with Gasteiger partial charge in [0.25, 0.3) is 0 Å². The van der Waals surface area contributed by atoms with Crippen LogP contribution < -0.4 is 4.74 Å². The minimum Gasteiger partial charge on any atom is -0.504 e. The average Bonchev–Trinajstić information content (AvgIpc) is 2.74. The van der Waals surface area contributed by atoms with Crippen LogP contribution in [0.15, 0.2) is 6.07 Å². The molecule has 1 saturated carbocycles. The number of hydrogen-bond acceptors (Lipinski definition) is 3. The molecule has 3 nitrogen and oxygen atoms in total. The van der Waals surface area contributed by atoms with Crippen molar-refractivity contribution in [2.45, 2.75) is 71.1 Å². The molecule has 1 heterocycles. The summed E-state index contributed by atoms with van der Waals surface area (Å²) in [6.45, 7) is 8.90. The van der Waals surface area contributed by atoms with Crippen LogP contribution in [0.4, 0.5) is 0 Å². The molecule has 0 saturated heterocycles. The summed E-state index contributed by atoms with van der Waals surface area (Å²) in [5.41, 5.74) is 3.42. The summed E-state index contributed by atoms with van der Waals surface area (Å²) in [5.74, 6) is 0.708. The van der Waals surface area contributed by atoms with Crippen molar-refractivity contribution in [3.05, 3.63) is 22.8 Å². The van der Waals surface area contributed by atoms with Crippen LogP contribution in [0.2, 0.25) is 0 Å². The topological polar surface area (TPSA) is 46.5 Å². The number of aromatic hydroxyl groups is 1. The highest BCUT2D eigenvalue weighted by Crippen LogP contribution is 2.61. The Bertz CT molecular complexity index is 703. The van der Waals surface area contributed by atoms with E-state index in [1.165, 1.54) is 18.4 Å². The van der Waals surface area contributed by atoms with E-state index in [9.17, 15) is 9.90 Å². The fraction of sp³-hybridized carbons (Fsp3) is 0.650. The van der Waals surface area contributed by atoms with E-state index in [1.54, 1.807) is 0 Å². The lowest BCUT2D eigenvalue weighted by atomic mass is 9.50. The third kappa shape index (κ3) is 1.85. The number of aryl methyl sites for hydroxylation is 1. The van der Waals surface area contributed by atoms with Crippen LogP contribution in [0.3, 0.4) is 0 Å². The quantitative estimate of drug-likeness (QED) is 0.568. The number of hydrogen-bond donors (Lipinski definition) is 1. The molecule has 1 aromatic carbocycles. The normalized spacial score (nSPS) is 34.3. The maximum absolute atomic E-state index is 11.9. The zero-order valence-electron chi connectivity index (χ0n) is 14.5. The summed E-state index contributed by atoms with van der Waals surface area (Å²) in [7, 11) is 0. The van der Waals surface area contributed by atoms with E-state index in [0.29, 0.717) is 17.1 Å². The Hall–Kier alpha value is -1.51. The monoisotopic (exact) mass is 314 g/mol. The first-order valence-corrected chi connectivity index (χ1v) is 8.86. The summed E-state index contributed by atoms with van der Waals surface area (Å²) in [6.07, 6.45) is 5.69. The zero-order chi connectivity index (χ0) is 16.6. The predicted octanol–water partition coefficient (Wildman–Crippen LogP) is 4.44. The highest BCUT2D eigenvalue weighted by Gasteiger charge is 2.52. The first-order valence-electron chi connectivity index (χ1n) is 8.86. The van der Waals surface area contributed by atoms with Gasteiger partial charge in [-0.1, -0.05) is 33.3 Å². The van der Waals surface area contributed by atoms with Gasteiger partial charge in [-0.2, -0.15) is 0 Å². The summed E-state index contributed by atoms with van der Waals surface area (Å²) >= 11 is 0. The minimum absolute atomic E-state index is 0.0211. The van der Waals surface area contributed by atoms with E-state index in [2.05, 4.69) is 26.8 Å². The van der Waals surface area contributed by atoms with Crippen LogP contribution in [0.25, 0.3) is 0 Å².